The summed E-state index contributed by atoms with van der Waals surface area (Å²) in [6.45, 7) is 5.83. The second-order valence-electron chi connectivity index (χ2n) is 5.87. The highest BCUT2D eigenvalue weighted by Gasteiger charge is 2.24. The van der Waals surface area contributed by atoms with Gasteiger partial charge in [-0.25, -0.2) is 4.98 Å². The average Bonchev–Trinajstić information content (AvgIpc) is 2.25. The fourth-order valence-electron chi connectivity index (χ4n) is 1.94. The van der Waals surface area contributed by atoms with E-state index in [1.54, 1.807) is 0 Å². The number of hydrogen-bond acceptors (Lipinski definition) is 3. The quantitative estimate of drug-likeness (QED) is 0.812. The van der Waals surface area contributed by atoms with Gasteiger partial charge in [-0.1, -0.05) is 20.8 Å². The molecule has 1 heterocycles. The summed E-state index contributed by atoms with van der Waals surface area (Å²) < 4.78 is 13.4. The molecule has 0 bridgehead atoms. The Hall–Kier alpha value is -1.98. The Morgan fingerprint density at radius 1 is 1.45 bits per heavy atom. The molecule has 0 fully saturated rings. The summed E-state index contributed by atoms with van der Waals surface area (Å²) in [4.78, 5) is 26.2. The van der Waals surface area contributed by atoms with Gasteiger partial charge in [-0.05, 0) is 24.0 Å². The Balaban J connectivity index is 2.81. The van der Waals surface area contributed by atoms with Crippen LogP contribution in [0.15, 0.2) is 18.3 Å². The molecular formula is C14H19FN2O3. The van der Waals surface area contributed by atoms with E-state index in [4.69, 9.17) is 5.11 Å². The van der Waals surface area contributed by atoms with E-state index in [2.05, 4.69) is 10.3 Å². The van der Waals surface area contributed by atoms with Crippen LogP contribution < -0.4 is 5.32 Å². The molecule has 2 N–H and O–H groups in total. The lowest BCUT2D eigenvalue weighted by Crippen LogP contribution is -2.39. The van der Waals surface area contributed by atoms with Gasteiger partial charge in [-0.3, -0.25) is 9.59 Å². The van der Waals surface area contributed by atoms with Gasteiger partial charge >= 0.3 is 5.97 Å². The molecule has 0 spiro atoms. The maximum atomic E-state index is 13.4. The maximum Gasteiger partial charge on any atom is 0.305 e. The first kappa shape index (κ1) is 16.1. The van der Waals surface area contributed by atoms with Crippen LogP contribution in [0.5, 0.6) is 0 Å². The molecule has 0 aliphatic rings. The number of hydrogen-bond donors (Lipinski definition) is 2. The van der Waals surface area contributed by atoms with Gasteiger partial charge in [0.25, 0.3) is 5.91 Å². The standard InChI is InChI=1S/C14H19FN2O3/c1-14(2,3)8-9(7-11(18)19)17-13(20)10-5-4-6-16-12(10)15/h4-6,9H,7-8H2,1-3H3,(H,17,20)(H,18,19). The first-order valence-electron chi connectivity index (χ1n) is 6.32. The van der Waals surface area contributed by atoms with Crippen molar-refractivity contribution in [3.05, 3.63) is 29.8 Å². The Labute approximate surface area is 117 Å². The summed E-state index contributed by atoms with van der Waals surface area (Å²) >= 11 is 0. The summed E-state index contributed by atoms with van der Waals surface area (Å²) in [6.07, 6.45) is 1.52. The van der Waals surface area contributed by atoms with Crippen LogP contribution in [0.1, 0.15) is 44.0 Å². The lowest BCUT2D eigenvalue weighted by atomic mass is 9.87. The van der Waals surface area contributed by atoms with Crippen molar-refractivity contribution in [2.45, 2.75) is 39.7 Å². The number of nitrogens with zero attached hydrogens (tertiary/aromatic N) is 1. The highest BCUT2D eigenvalue weighted by atomic mass is 19.1. The first-order chi connectivity index (χ1) is 9.19. The lowest BCUT2D eigenvalue weighted by Gasteiger charge is -2.25. The summed E-state index contributed by atoms with van der Waals surface area (Å²) in [5.74, 6) is -2.52. The predicted octanol–water partition coefficient (Wildman–Crippen LogP) is 2.23. The second kappa shape index (κ2) is 6.45. The molecule has 110 valence electrons. The van der Waals surface area contributed by atoms with Crippen LogP contribution >= 0.6 is 0 Å². The van der Waals surface area contributed by atoms with Crippen molar-refractivity contribution in [1.29, 1.82) is 0 Å². The number of halogens is 1. The number of nitrogens with one attached hydrogen (secondary N) is 1. The molecule has 0 aliphatic heterocycles. The lowest BCUT2D eigenvalue weighted by molar-refractivity contribution is -0.137. The fraction of sp³-hybridized carbons (Fsp3) is 0.500. The van der Waals surface area contributed by atoms with Gasteiger partial charge < -0.3 is 10.4 Å². The maximum absolute atomic E-state index is 13.4. The van der Waals surface area contributed by atoms with Gasteiger partial charge in [0.15, 0.2) is 0 Å². The van der Waals surface area contributed by atoms with Crippen LogP contribution in [0.4, 0.5) is 4.39 Å². The number of aliphatic carboxylic acids is 1. The molecule has 0 saturated heterocycles. The predicted molar refractivity (Wildman–Crippen MR) is 71.8 cm³/mol. The third-order valence-electron chi connectivity index (χ3n) is 2.62. The minimum atomic E-state index is -1.01. The number of aromatic nitrogens is 1. The third-order valence-corrected chi connectivity index (χ3v) is 2.62. The number of carbonyl (C=O) groups is 2. The molecule has 1 atom stereocenters. The monoisotopic (exact) mass is 282 g/mol. The van der Waals surface area contributed by atoms with E-state index >= 15 is 0 Å². The molecule has 0 saturated carbocycles. The van der Waals surface area contributed by atoms with E-state index in [0.29, 0.717) is 6.42 Å². The highest BCUT2D eigenvalue weighted by molar-refractivity contribution is 5.94. The molecule has 1 rings (SSSR count). The van der Waals surface area contributed by atoms with Gasteiger partial charge in [0.2, 0.25) is 5.95 Å². The van der Waals surface area contributed by atoms with E-state index in [-0.39, 0.29) is 17.4 Å². The number of rotatable bonds is 5. The Kier molecular flexibility index (Phi) is 5.19. The molecule has 0 aliphatic carbocycles. The number of carboxylic acid groups (broad SMARTS) is 1. The fourth-order valence-corrected chi connectivity index (χ4v) is 1.94. The van der Waals surface area contributed by atoms with E-state index < -0.39 is 23.9 Å². The zero-order valence-corrected chi connectivity index (χ0v) is 11.8. The second-order valence-corrected chi connectivity index (χ2v) is 5.87. The van der Waals surface area contributed by atoms with Crippen molar-refractivity contribution in [3.8, 4) is 0 Å². The molecule has 5 nitrogen and oxygen atoms in total. The number of carbonyl (C=O) groups excluding carboxylic acids is 1. The SMILES string of the molecule is CC(C)(C)CC(CC(=O)O)NC(=O)c1cccnc1F. The Bertz CT molecular complexity index is 497. The molecule has 6 heteroatoms. The molecule has 1 aromatic rings. The van der Waals surface area contributed by atoms with E-state index in [1.165, 1.54) is 18.3 Å². The van der Waals surface area contributed by atoms with Gasteiger partial charge in [0, 0.05) is 12.2 Å². The molecule has 0 aromatic carbocycles. The summed E-state index contributed by atoms with van der Waals surface area (Å²) in [5.41, 5.74) is -0.335. The normalized spacial score (nSPS) is 12.8. The smallest absolute Gasteiger partial charge is 0.305 e. The van der Waals surface area contributed by atoms with Gasteiger partial charge in [0.1, 0.15) is 0 Å². The number of amides is 1. The van der Waals surface area contributed by atoms with E-state index in [1.807, 2.05) is 20.8 Å². The average molecular weight is 282 g/mol. The van der Waals surface area contributed by atoms with Crippen molar-refractivity contribution in [1.82, 2.24) is 10.3 Å². The Morgan fingerprint density at radius 2 is 2.10 bits per heavy atom. The Morgan fingerprint density at radius 3 is 2.60 bits per heavy atom. The van der Waals surface area contributed by atoms with Crippen LogP contribution in [0.2, 0.25) is 0 Å². The molecule has 20 heavy (non-hydrogen) atoms. The minimum Gasteiger partial charge on any atom is -0.481 e. The van der Waals surface area contributed by atoms with Crippen LogP contribution in [-0.2, 0) is 4.79 Å². The van der Waals surface area contributed by atoms with Gasteiger partial charge in [-0.2, -0.15) is 4.39 Å². The van der Waals surface area contributed by atoms with Crippen molar-refractivity contribution < 1.29 is 19.1 Å². The van der Waals surface area contributed by atoms with Crippen LogP contribution in [0, 0.1) is 11.4 Å². The summed E-state index contributed by atoms with van der Waals surface area (Å²) in [5, 5.41) is 11.4. The van der Waals surface area contributed by atoms with Crippen molar-refractivity contribution in [2.75, 3.05) is 0 Å². The molecule has 1 aromatic heterocycles. The van der Waals surface area contributed by atoms with E-state index in [9.17, 15) is 14.0 Å². The molecule has 0 radical (unpaired) electrons. The largest absolute Gasteiger partial charge is 0.481 e. The summed E-state index contributed by atoms with van der Waals surface area (Å²) in [6, 6.07) is 2.21. The highest BCUT2D eigenvalue weighted by Crippen LogP contribution is 2.22. The van der Waals surface area contributed by atoms with Crippen molar-refractivity contribution >= 4 is 11.9 Å². The molecule has 1 unspecified atom stereocenters. The number of pyridine rings is 1. The zero-order valence-electron chi connectivity index (χ0n) is 11.8. The van der Waals surface area contributed by atoms with Crippen molar-refractivity contribution in [2.24, 2.45) is 5.41 Å². The topological polar surface area (TPSA) is 79.3 Å². The van der Waals surface area contributed by atoms with Crippen LogP contribution in [-0.4, -0.2) is 28.0 Å². The third kappa shape index (κ3) is 5.34. The first-order valence-corrected chi connectivity index (χ1v) is 6.32. The van der Waals surface area contributed by atoms with E-state index in [0.717, 1.165) is 0 Å². The van der Waals surface area contributed by atoms with Gasteiger partial charge in [0.05, 0.1) is 12.0 Å². The van der Waals surface area contributed by atoms with Crippen LogP contribution in [0.25, 0.3) is 0 Å². The number of carboxylic acids is 1. The minimum absolute atomic E-state index is 0.152. The summed E-state index contributed by atoms with van der Waals surface area (Å²) in [7, 11) is 0. The zero-order chi connectivity index (χ0) is 15.3. The van der Waals surface area contributed by atoms with Gasteiger partial charge in [-0.15, -0.1) is 0 Å². The molecule has 1 amide bonds. The van der Waals surface area contributed by atoms with Crippen LogP contribution in [0.3, 0.4) is 0 Å². The van der Waals surface area contributed by atoms with Crippen molar-refractivity contribution in [3.63, 3.8) is 0 Å². The molecular weight excluding hydrogens is 263 g/mol.